The highest BCUT2D eigenvalue weighted by atomic mass is 35.5. The van der Waals surface area contributed by atoms with Gasteiger partial charge in [-0.1, -0.05) is 46.4 Å². The minimum atomic E-state index is -5.23. The number of benzene rings is 3. The van der Waals surface area contributed by atoms with Crippen LogP contribution in [-0.4, -0.2) is 37.9 Å². The van der Waals surface area contributed by atoms with Crippen molar-refractivity contribution in [2.75, 3.05) is 21.7 Å². The van der Waals surface area contributed by atoms with E-state index in [0.717, 1.165) is 12.1 Å². The van der Waals surface area contributed by atoms with Gasteiger partial charge in [-0.05, 0) is 48.0 Å². The molecule has 19 heteroatoms. The number of hydrogen-bond donors (Lipinski definition) is 3. The summed E-state index contributed by atoms with van der Waals surface area (Å²) in [6.07, 6.45) is 0. The van der Waals surface area contributed by atoms with Crippen LogP contribution in [0.15, 0.2) is 42.5 Å². The Morgan fingerprint density at radius 3 is 2.11 bits per heavy atom. The van der Waals surface area contributed by atoms with Crippen molar-refractivity contribution in [3.8, 4) is 0 Å². The number of rotatable bonds is 8. The predicted octanol–water partition coefficient (Wildman–Crippen LogP) is 8.56. The van der Waals surface area contributed by atoms with Crippen molar-refractivity contribution >= 4 is 116 Å². The van der Waals surface area contributed by atoms with Gasteiger partial charge in [-0.25, -0.2) is 8.78 Å². The minimum absolute atomic E-state index is 0.0432. The summed E-state index contributed by atoms with van der Waals surface area (Å²) in [6, 6.07) is 8.02. The van der Waals surface area contributed by atoms with E-state index >= 15 is 4.39 Å². The summed E-state index contributed by atoms with van der Waals surface area (Å²) in [5.41, 5.74) is -6.93. The van der Waals surface area contributed by atoms with Gasteiger partial charge in [-0.2, -0.15) is 0 Å². The third-order valence-corrected chi connectivity index (χ3v) is 9.81. The lowest BCUT2D eigenvalue weighted by Crippen LogP contribution is -2.33. The average molecular weight is 772 g/mol. The predicted molar refractivity (Wildman–Crippen MR) is 164 cm³/mol. The molecule has 0 bridgehead atoms. The lowest BCUT2D eigenvalue weighted by atomic mass is 10.1. The second kappa shape index (κ2) is 13.5. The maximum absolute atomic E-state index is 15.0. The molecule has 0 heterocycles. The molecule has 2 unspecified atom stereocenters. The normalized spacial score (nSPS) is 17.8. The zero-order chi connectivity index (χ0) is 33.6. The van der Waals surface area contributed by atoms with Gasteiger partial charge in [-0.15, -0.1) is 36.4 Å². The first-order valence-corrected chi connectivity index (χ1v) is 15.6. The Bertz CT molecular complexity index is 1690. The van der Waals surface area contributed by atoms with Crippen molar-refractivity contribution in [2.45, 2.75) is 15.8 Å². The van der Waals surface area contributed by atoms with E-state index in [2.05, 4.69) is 10.6 Å². The lowest BCUT2D eigenvalue weighted by molar-refractivity contribution is -0.117. The molecule has 45 heavy (non-hydrogen) atoms. The Kier molecular flexibility index (Phi) is 10.7. The maximum Gasteiger partial charge on any atom is 0.573 e. The molecule has 7 nitrogen and oxygen atoms in total. The number of alkyl halides is 5. The fraction of sp³-hybridized carbons (Fsp3) is 0.192. The van der Waals surface area contributed by atoms with Crippen molar-refractivity contribution in [3.63, 3.8) is 0 Å². The van der Waals surface area contributed by atoms with Crippen molar-refractivity contribution in [1.82, 2.24) is 0 Å². The van der Waals surface area contributed by atoms with E-state index in [1.165, 1.54) is 24.3 Å². The van der Waals surface area contributed by atoms with Gasteiger partial charge < -0.3 is 20.5 Å². The van der Waals surface area contributed by atoms with Gasteiger partial charge in [0.1, 0.15) is 15.8 Å². The summed E-state index contributed by atoms with van der Waals surface area (Å²) in [7, 11) is 0. The van der Waals surface area contributed by atoms with E-state index in [1.807, 2.05) is 0 Å². The van der Waals surface area contributed by atoms with Crippen LogP contribution in [0, 0.1) is 17.6 Å². The van der Waals surface area contributed by atoms with Crippen molar-refractivity contribution in [2.24, 2.45) is 5.92 Å². The SMILES string of the molecule is O=C(C[S+]([O-])C(F)(F)F)Nc1c(F)ccc(NC(=O)c2cc(NC(=O)C3[C@H](c4cc(Cl)c(Cl)c(Cl)c4)C3(Cl)Cl)ccc2Cl)c1F. The van der Waals surface area contributed by atoms with Crippen LogP contribution in [-0.2, 0) is 20.8 Å². The molecule has 0 aromatic heterocycles. The molecule has 3 amide bonds. The number of carbonyl (C=O) groups excluding carboxylic acids is 3. The van der Waals surface area contributed by atoms with Crippen LogP contribution < -0.4 is 16.0 Å². The average Bonchev–Trinajstić information content (AvgIpc) is 3.53. The molecule has 3 atom stereocenters. The van der Waals surface area contributed by atoms with E-state index in [-0.39, 0.29) is 31.3 Å². The first kappa shape index (κ1) is 35.6. The van der Waals surface area contributed by atoms with Gasteiger partial charge >= 0.3 is 5.51 Å². The van der Waals surface area contributed by atoms with E-state index in [4.69, 9.17) is 69.6 Å². The van der Waals surface area contributed by atoms with Crippen LogP contribution in [0.25, 0.3) is 0 Å². The largest absolute Gasteiger partial charge is 0.609 e. The first-order valence-electron chi connectivity index (χ1n) is 12.0. The highest BCUT2D eigenvalue weighted by Gasteiger charge is 2.67. The summed E-state index contributed by atoms with van der Waals surface area (Å²) in [6.45, 7) is 0. The molecule has 0 radical (unpaired) electrons. The van der Waals surface area contributed by atoms with Gasteiger partial charge in [0.2, 0.25) is 5.91 Å². The molecule has 1 aliphatic carbocycles. The number of carbonyl (C=O) groups is 3. The summed E-state index contributed by atoms with van der Waals surface area (Å²) >= 11 is 33.4. The lowest BCUT2D eigenvalue weighted by Gasteiger charge is -2.15. The van der Waals surface area contributed by atoms with Gasteiger partial charge in [-0.3, -0.25) is 14.4 Å². The molecule has 3 N–H and O–H groups in total. The van der Waals surface area contributed by atoms with Crippen molar-refractivity contribution in [1.29, 1.82) is 0 Å². The molecule has 1 aliphatic rings. The van der Waals surface area contributed by atoms with Crippen LogP contribution in [0.3, 0.4) is 0 Å². The van der Waals surface area contributed by atoms with Gasteiger partial charge in [0.25, 0.3) is 11.8 Å². The first-order chi connectivity index (χ1) is 20.8. The summed E-state index contributed by atoms with van der Waals surface area (Å²) < 4.78 is 76.2. The van der Waals surface area contributed by atoms with Crippen LogP contribution in [0.5, 0.6) is 0 Å². The molecule has 0 saturated heterocycles. The van der Waals surface area contributed by atoms with Gasteiger partial charge in [0, 0.05) is 11.6 Å². The maximum atomic E-state index is 15.0. The third-order valence-electron chi connectivity index (χ3n) is 6.30. The van der Waals surface area contributed by atoms with Crippen molar-refractivity contribution in [3.05, 3.63) is 85.3 Å². The van der Waals surface area contributed by atoms with Crippen LogP contribution in [0.2, 0.25) is 20.1 Å². The highest BCUT2D eigenvalue weighted by Crippen LogP contribution is 2.65. The Balaban J connectivity index is 1.49. The fourth-order valence-corrected chi connectivity index (χ4v) is 6.27. The number of amides is 3. The zero-order valence-electron chi connectivity index (χ0n) is 21.6. The van der Waals surface area contributed by atoms with Crippen LogP contribution in [0.1, 0.15) is 21.8 Å². The molecular formula is C26H14Cl6F5N3O4S. The van der Waals surface area contributed by atoms with Gasteiger partial charge in [0.15, 0.2) is 11.6 Å². The molecule has 3 aromatic rings. The standard InChI is InChI=1S/C26H14Cl6F5N3O4S/c27-12-2-1-10(38-24(43)19-18(25(19,31)32)9-5-13(28)20(30)14(29)6-9)7-11(12)23(42)39-16-4-3-15(33)22(21(16)34)40-17(41)8-45(44)26(35,36)37/h1-7,18-19H,8H2,(H,38,43)(H,39,42)(H,40,41)/t18-,19?,45?/m0/s1. The summed E-state index contributed by atoms with van der Waals surface area (Å²) in [5.74, 6) is -9.60. The van der Waals surface area contributed by atoms with E-state index in [0.29, 0.717) is 11.6 Å². The van der Waals surface area contributed by atoms with E-state index in [1.54, 1.807) is 5.32 Å². The zero-order valence-corrected chi connectivity index (χ0v) is 27.0. The monoisotopic (exact) mass is 769 g/mol. The molecule has 0 spiro atoms. The molecule has 1 saturated carbocycles. The molecule has 240 valence electrons. The Hall–Kier alpha value is -2.23. The fourth-order valence-electron chi connectivity index (χ4n) is 4.15. The molecule has 0 aliphatic heterocycles. The Morgan fingerprint density at radius 1 is 0.889 bits per heavy atom. The molecular weight excluding hydrogens is 758 g/mol. The molecule has 3 aromatic carbocycles. The number of hydrogen-bond acceptors (Lipinski definition) is 4. The second-order valence-electron chi connectivity index (χ2n) is 9.33. The highest BCUT2D eigenvalue weighted by molar-refractivity contribution is 7.92. The third kappa shape index (κ3) is 7.84. The summed E-state index contributed by atoms with van der Waals surface area (Å²) in [4.78, 5) is 37.9. The minimum Gasteiger partial charge on any atom is -0.609 e. The van der Waals surface area contributed by atoms with E-state index < -0.39 is 79.3 Å². The number of halogens is 11. The smallest absolute Gasteiger partial charge is 0.573 e. The quantitative estimate of drug-likeness (QED) is 0.0923. The topological polar surface area (TPSA) is 110 Å². The Labute approximate surface area is 283 Å². The molecule has 4 rings (SSSR count). The molecule has 1 fully saturated rings. The number of anilines is 3. The Morgan fingerprint density at radius 2 is 1.51 bits per heavy atom. The summed E-state index contributed by atoms with van der Waals surface area (Å²) in [5, 5.41) is 6.40. The second-order valence-corrected chi connectivity index (χ2v) is 13.8. The van der Waals surface area contributed by atoms with E-state index in [9.17, 15) is 36.5 Å². The van der Waals surface area contributed by atoms with Gasteiger partial charge in [0.05, 0.1) is 48.4 Å². The van der Waals surface area contributed by atoms with Crippen molar-refractivity contribution < 1.29 is 40.9 Å². The number of nitrogens with one attached hydrogen (secondary N) is 3. The van der Waals surface area contributed by atoms with Crippen LogP contribution in [0.4, 0.5) is 39.0 Å². The van der Waals surface area contributed by atoms with Crippen LogP contribution >= 0.6 is 69.6 Å².